The molecule has 0 saturated carbocycles. The second kappa shape index (κ2) is 6.60. The van der Waals surface area contributed by atoms with Gasteiger partial charge in [0.1, 0.15) is 0 Å². The summed E-state index contributed by atoms with van der Waals surface area (Å²) in [5.74, 6) is -0.709. The first-order valence-electron chi connectivity index (χ1n) is 8.86. The molecule has 0 aliphatic carbocycles. The maximum atomic E-state index is 10.6. The number of hydrogen-bond acceptors (Lipinski definition) is 2. The lowest BCUT2D eigenvalue weighted by atomic mass is 9.93. The minimum atomic E-state index is -0.709. The molecule has 0 unspecified atom stereocenters. The molecule has 0 aliphatic heterocycles. The topological polar surface area (TPSA) is 49.3 Å². The van der Waals surface area contributed by atoms with Crippen LogP contribution in [0.25, 0.3) is 32.3 Å². The Morgan fingerprint density at radius 3 is 2.24 bits per heavy atom. The number of nitrogens with one attached hydrogen (secondary N) is 1. The summed E-state index contributed by atoms with van der Waals surface area (Å²) in [5, 5.41) is 20.0. The summed E-state index contributed by atoms with van der Waals surface area (Å²) in [5.41, 5.74) is 1.16. The molecule has 126 valence electrons. The van der Waals surface area contributed by atoms with Crippen molar-refractivity contribution in [1.82, 2.24) is 0 Å². The second-order valence-electron chi connectivity index (χ2n) is 6.60. The summed E-state index contributed by atoms with van der Waals surface area (Å²) in [6, 6.07) is 19.6. The van der Waals surface area contributed by atoms with Crippen molar-refractivity contribution < 1.29 is 9.90 Å². The summed E-state index contributed by atoms with van der Waals surface area (Å²) in [6.45, 7) is 0.865. The largest absolute Gasteiger partial charge is 0.481 e. The molecule has 4 rings (SSSR count). The van der Waals surface area contributed by atoms with Gasteiger partial charge in [0.25, 0.3) is 0 Å². The van der Waals surface area contributed by atoms with Gasteiger partial charge < -0.3 is 10.4 Å². The molecule has 0 spiro atoms. The lowest BCUT2D eigenvalue weighted by Gasteiger charge is -2.15. The van der Waals surface area contributed by atoms with Crippen LogP contribution >= 0.6 is 0 Å². The molecule has 0 amide bonds. The van der Waals surface area contributed by atoms with E-state index in [1.807, 2.05) is 0 Å². The molecule has 3 nitrogen and oxygen atoms in total. The third kappa shape index (κ3) is 2.98. The Bertz CT molecular complexity index is 1020. The van der Waals surface area contributed by atoms with E-state index in [9.17, 15) is 4.79 Å². The van der Waals surface area contributed by atoms with Crippen LogP contribution in [0.4, 0.5) is 5.69 Å². The molecule has 4 aromatic rings. The van der Waals surface area contributed by atoms with Crippen molar-refractivity contribution in [3.05, 3.63) is 54.6 Å². The van der Waals surface area contributed by atoms with Crippen LogP contribution in [0.5, 0.6) is 0 Å². The number of hydrogen-bond donors (Lipinski definition) is 2. The molecule has 2 N–H and O–H groups in total. The van der Waals surface area contributed by atoms with Gasteiger partial charge in [-0.15, -0.1) is 0 Å². The van der Waals surface area contributed by atoms with Gasteiger partial charge in [0.15, 0.2) is 0 Å². The summed E-state index contributed by atoms with van der Waals surface area (Å²) < 4.78 is 0. The van der Waals surface area contributed by atoms with Gasteiger partial charge in [-0.1, -0.05) is 55.0 Å². The molecular formula is C22H21NO2. The van der Waals surface area contributed by atoms with E-state index >= 15 is 0 Å². The standard InChI is InChI=1S/C22H21NO2/c24-20(25)7-2-1-3-14-23-19-13-11-17-9-8-15-5-4-6-16-10-12-18(19)22(17)21(15)16/h4-6,8-13,23H,1-3,7,14H2,(H,24,25). The molecule has 0 radical (unpaired) electrons. The van der Waals surface area contributed by atoms with Crippen LogP contribution in [0, 0.1) is 0 Å². The molecule has 0 bridgehead atoms. The fourth-order valence-electron chi connectivity index (χ4n) is 3.69. The lowest BCUT2D eigenvalue weighted by molar-refractivity contribution is -0.137. The van der Waals surface area contributed by atoms with Crippen LogP contribution < -0.4 is 5.32 Å². The van der Waals surface area contributed by atoms with Crippen molar-refractivity contribution in [2.45, 2.75) is 25.7 Å². The smallest absolute Gasteiger partial charge is 0.303 e. The highest BCUT2D eigenvalue weighted by atomic mass is 16.4. The lowest BCUT2D eigenvalue weighted by Crippen LogP contribution is -2.03. The predicted octanol–water partition coefficient (Wildman–Crippen LogP) is 5.64. The molecule has 0 atom stereocenters. The SMILES string of the molecule is O=C(O)CCCCCNc1ccc2ccc3cccc4ccc1c2c34. The Balaban J connectivity index is 1.61. The van der Waals surface area contributed by atoms with Gasteiger partial charge >= 0.3 is 5.97 Å². The first-order chi connectivity index (χ1) is 12.2. The third-order valence-electron chi connectivity index (χ3n) is 4.91. The van der Waals surface area contributed by atoms with Gasteiger partial charge in [0, 0.05) is 24.0 Å². The van der Waals surface area contributed by atoms with E-state index in [0.29, 0.717) is 0 Å². The van der Waals surface area contributed by atoms with Crippen molar-refractivity contribution in [2.24, 2.45) is 0 Å². The summed E-state index contributed by atoms with van der Waals surface area (Å²) in [7, 11) is 0. The number of carboxylic acids is 1. The number of carboxylic acid groups (broad SMARTS) is 1. The van der Waals surface area contributed by atoms with Crippen LogP contribution in [0.2, 0.25) is 0 Å². The Labute approximate surface area is 146 Å². The number of aliphatic carboxylic acids is 1. The highest BCUT2D eigenvalue weighted by molar-refractivity contribution is 6.25. The Morgan fingerprint density at radius 1 is 0.800 bits per heavy atom. The van der Waals surface area contributed by atoms with E-state index in [0.717, 1.165) is 31.5 Å². The molecule has 0 fully saturated rings. The maximum absolute atomic E-state index is 10.6. The second-order valence-corrected chi connectivity index (χ2v) is 6.60. The number of unbranched alkanes of at least 4 members (excludes halogenated alkanes) is 2. The number of benzene rings is 4. The van der Waals surface area contributed by atoms with Crippen LogP contribution in [0.1, 0.15) is 25.7 Å². The van der Waals surface area contributed by atoms with Gasteiger partial charge in [-0.2, -0.15) is 0 Å². The number of carbonyl (C=O) groups is 1. The molecule has 0 saturated heterocycles. The van der Waals surface area contributed by atoms with Crippen LogP contribution in [-0.2, 0) is 4.79 Å². The number of rotatable bonds is 7. The zero-order chi connectivity index (χ0) is 17.2. The van der Waals surface area contributed by atoms with Crippen LogP contribution in [-0.4, -0.2) is 17.6 Å². The average molecular weight is 331 g/mol. The Hall–Kier alpha value is -2.81. The van der Waals surface area contributed by atoms with Gasteiger partial charge in [-0.3, -0.25) is 4.79 Å². The Kier molecular flexibility index (Phi) is 4.14. The van der Waals surface area contributed by atoms with Crippen LogP contribution in [0.3, 0.4) is 0 Å². The van der Waals surface area contributed by atoms with E-state index in [1.165, 1.54) is 32.3 Å². The van der Waals surface area contributed by atoms with E-state index in [1.54, 1.807) is 0 Å². The highest BCUT2D eigenvalue weighted by Crippen LogP contribution is 2.37. The van der Waals surface area contributed by atoms with E-state index in [4.69, 9.17) is 5.11 Å². The van der Waals surface area contributed by atoms with E-state index in [-0.39, 0.29) is 6.42 Å². The molecule has 25 heavy (non-hydrogen) atoms. The molecular weight excluding hydrogens is 310 g/mol. The van der Waals surface area contributed by atoms with Crippen LogP contribution in [0.15, 0.2) is 54.6 Å². The van der Waals surface area contributed by atoms with Gasteiger partial charge in [-0.05, 0) is 45.8 Å². The van der Waals surface area contributed by atoms with E-state index < -0.39 is 5.97 Å². The predicted molar refractivity (Wildman–Crippen MR) is 105 cm³/mol. The molecule has 0 aromatic heterocycles. The zero-order valence-electron chi connectivity index (χ0n) is 14.1. The average Bonchev–Trinajstić information content (AvgIpc) is 2.63. The maximum Gasteiger partial charge on any atom is 0.303 e. The first kappa shape index (κ1) is 15.7. The quantitative estimate of drug-likeness (QED) is 0.340. The normalized spacial score (nSPS) is 11.5. The third-order valence-corrected chi connectivity index (χ3v) is 4.91. The molecule has 0 aliphatic rings. The zero-order valence-corrected chi connectivity index (χ0v) is 14.1. The van der Waals surface area contributed by atoms with Crippen molar-refractivity contribution in [1.29, 1.82) is 0 Å². The summed E-state index contributed by atoms with van der Waals surface area (Å²) in [4.78, 5) is 10.6. The van der Waals surface area contributed by atoms with Crippen molar-refractivity contribution in [3.8, 4) is 0 Å². The molecule has 0 heterocycles. The monoisotopic (exact) mass is 331 g/mol. The van der Waals surface area contributed by atoms with Crippen molar-refractivity contribution in [3.63, 3.8) is 0 Å². The number of anilines is 1. The fourth-order valence-corrected chi connectivity index (χ4v) is 3.69. The summed E-state index contributed by atoms with van der Waals surface area (Å²) in [6.07, 6.45) is 2.93. The summed E-state index contributed by atoms with van der Waals surface area (Å²) >= 11 is 0. The Morgan fingerprint density at radius 2 is 1.48 bits per heavy atom. The van der Waals surface area contributed by atoms with Crippen molar-refractivity contribution in [2.75, 3.05) is 11.9 Å². The minimum Gasteiger partial charge on any atom is -0.481 e. The fraction of sp³-hybridized carbons (Fsp3) is 0.227. The first-order valence-corrected chi connectivity index (χ1v) is 8.86. The highest BCUT2D eigenvalue weighted by Gasteiger charge is 2.10. The van der Waals surface area contributed by atoms with Gasteiger partial charge in [0.2, 0.25) is 0 Å². The molecule has 4 aromatic carbocycles. The van der Waals surface area contributed by atoms with Crippen molar-refractivity contribution >= 4 is 44.0 Å². The minimum absolute atomic E-state index is 0.263. The van der Waals surface area contributed by atoms with Gasteiger partial charge in [0.05, 0.1) is 0 Å². The molecule has 3 heteroatoms. The van der Waals surface area contributed by atoms with Gasteiger partial charge in [-0.25, -0.2) is 0 Å². The van der Waals surface area contributed by atoms with E-state index in [2.05, 4.69) is 59.9 Å².